The third-order valence-electron chi connectivity index (χ3n) is 3.56. The normalized spacial score (nSPS) is 17.7. The van der Waals surface area contributed by atoms with E-state index in [4.69, 9.17) is 4.74 Å². The van der Waals surface area contributed by atoms with Crippen molar-refractivity contribution < 1.29 is 9.53 Å². The first-order chi connectivity index (χ1) is 9.28. The number of Topliss-reactive ketones (excluding diaryl/α,β-unsaturated/α-hetero) is 1. The van der Waals surface area contributed by atoms with E-state index in [0.717, 1.165) is 17.5 Å². The van der Waals surface area contributed by atoms with E-state index in [1.807, 2.05) is 48.5 Å². The van der Waals surface area contributed by atoms with E-state index < -0.39 is 0 Å². The minimum atomic E-state index is -0.159. The average Bonchev–Trinajstić information content (AvgIpc) is 2.48. The molecular formula is C17H16O2. The SMILES string of the molecule is CCc1ccc2c(c1)C(=O)CC(c1ccccc1)O2. The van der Waals surface area contributed by atoms with Gasteiger partial charge in [0.15, 0.2) is 5.78 Å². The van der Waals surface area contributed by atoms with Crippen molar-refractivity contribution in [2.45, 2.75) is 25.9 Å². The molecular weight excluding hydrogens is 236 g/mol. The molecule has 1 aliphatic rings. The highest BCUT2D eigenvalue weighted by Crippen LogP contribution is 2.35. The molecule has 2 nitrogen and oxygen atoms in total. The molecule has 3 rings (SSSR count). The molecule has 2 heteroatoms. The molecule has 96 valence electrons. The van der Waals surface area contributed by atoms with Crippen LogP contribution in [0.15, 0.2) is 48.5 Å². The van der Waals surface area contributed by atoms with Crippen LogP contribution >= 0.6 is 0 Å². The monoisotopic (exact) mass is 252 g/mol. The molecule has 1 aliphatic heterocycles. The summed E-state index contributed by atoms with van der Waals surface area (Å²) in [5.41, 5.74) is 2.96. The lowest BCUT2D eigenvalue weighted by molar-refractivity contribution is 0.0850. The van der Waals surface area contributed by atoms with Gasteiger partial charge in [0.1, 0.15) is 11.9 Å². The van der Waals surface area contributed by atoms with Gasteiger partial charge in [-0.1, -0.05) is 43.3 Å². The molecule has 0 amide bonds. The molecule has 0 aliphatic carbocycles. The molecule has 1 unspecified atom stereocenters. The molecule has 0 spiro atoms. The fourth-order valence-electron chi connectivity index (χ4n) is 2.44. The van der Waals surface area contributed by atoms with Crippen LogP contribution in [0.3, 0.4) is 0 Å². The molecule has 0 saturated carbocycles. The second kappa shape index (κ2) is 4.88. The number of fused-ring (bicyclic) bond motifs is 1. The van der Waals surface area contributed by atoms with Gasteiger partial charge in [0, 0.05) is 0 Å². The van der Waals surface area contributed by atoms with Crippen LogP contribution in [0, 0.1) is 0 Å². The Hall–Kier alpha value is -2.09. The average molecular weight is 252 g/mol. The van der Waals surface area contributed by atoms with Gasteiger partial charge in [-0.05, 0) is 29.7 Å². The molecule has 0 aromatic heterocycles. The van der Waals surface area contributed by atoms with Gasteiger partial charge < -0.3 is 4.74 Å². The van der Waals surface area contributed by atoms with Crippen LogP contribution in [-0.2, 0) is 6.42 Å². The Morgan fingerprint density at radius 1 is 1.16 bits per heavy atom. The van der Waals surface area contributed by atoms with Crippen molar-refractivity contribution in [3.05, 3.63) is 65.2 Å². The lowest BCUT2D eigenvalue weighted by Gasteiger charge is -2.25. The highest BCUT2D eigenvalue weighted by Gasteiger charge is 2.27. The highest BCUT2D eigenvalue weighted by atomic mass is 16.5. The van der Waals surface area contributed by atoms with Crippen molar-refractivity contribution in [3.8, 4) is 5.75 Å². The predicted molar refractivity (Wildman–Crippen MR) is 74.6 cm³/mol. The standard InChI is InChI=1S/C17H16O2/c1-2-12-8-9-16-14(10-12)15(18)11-17(19-16)13-6-4-3-5-7-13/h3-10,17H,2,11H2,1H3. The summed E-state index contributed by atoms with van der Waals surface area (Å²) in [5, 5.41) is 0. The lowest BCUT2D eigenvalue weighted by Crippen LogP contribution is -2.20. The Bertz CT molecular complexity index is 602. The summed E-state index contributed by atoms with van der Waals surface area (Å²) in [4.78, 5) is 12.3. The summed E-state index contributed by atoms with van der Waals surface area (Å²) >= 11 is 0. The first kappa shape index (κ1) is 12.0. The van der Waals surface area contributed by atoms with E-state index in [9.17, 15) is 4.79 Å². The second-order valence-corrected chi connectivity index (χ2v) is 4.83. The van der Waals surface area contributed by atoms with Crippen molar-refractivity contribution in [1.82, 2.24) is 0 Å². The third-order valence-corrected chi connectivity index (χ3v) is 3.56. The van der Waals surface area contributed by atoms with Crippen LogP contribution in [-0.4, -0.2) is 5.78 Å². The van der Waals surface area contributed by atoms with Crippen LogP contribution in [0.4, 0.5) is 0 Å². The third kappa shape index (κ3) is 2.26. The van der Waals surface area contributed by atoms with Crippen LogP contribution < -0.4 is 4.74 Å². The Morgan fingerprint density at radius 3 is 2.68 bits per heavy atom. The molecule has 2 aromatic carbocycles. The van der Waals surface area contributed by atoms with E-state index in [0.29, 0.717) is 12.2 Å². The predicted octanol–water partition coefficient (Wildman–Crippen LogP) is 3.96. The van der Waals surface area contributed by atoms with E-state index >= 15 is 0 Å². The fraction of sp³-hybridized carbons (Fsp3) is 0.235. The Balaban J connectivity index is 1.95. The van der Waals surface area contributed by atoms with E-state index in [-0.39, 0.29) is 11.9 Å². The Kier molecular flexibility index (Phi) is 3.08. The van der Waals surface area contributed by atoms with Crippen molar-refractivity contribution in [3.63, 3.8) is 0 Å². The van der Waals surface area contributed by atoms with Crippen LogP contribution in [0.1, 0.15) is 40.9 Å². The van der Waals surface area contributed by atoms with Gasteiger partial charge >= 0.3 is 0 Å². The molecule has 0 saturated heterocycles. The summed E-state index contributed by atoms with van der Waals surface area (Å²) < 4.78 is 5.97. The zero-order valence-corrected chi connectivity index (χ0v) is 10.9. The van der Waals surface area contributed by atoms with Gasteiger partial charge in [-0.3, -0.25) is 4.79 Å². The maximum Gasteiger partial charge on any atom is 0.170 e. The Labute approximate surface area is 113 Å². The van der Waals surface area contributed by atoms with Gasteiger partial charge in [0.05, 0.1) is 12.0 Å². The summed E-state index contributed by atoms with van der Waals surface area (Å²) in [6.45, 7) is 2.09. The number of benzene rings is 2. The number of ether oxygens (including phenoxy) is 1. The summed E-state index contributed by atoms with van der Waals surface area (Å²) in [5.74, 6) is 0.882. The number of carbonyl (C=O) groups is 1. The second-order valence-electron chi connectivity index (χ2n) is 4.83. The molecule has 2 aromatic rings. The van der Waals surface area contributed by atoms with Crippen molar-refractivity contribution in [2.24, 2.45) is 0 Å². The van der Waals surface area contributed by atoms with Crippen LogP contribution in [0.5, 0.6) is 5.75 Å². The number of hydrogen-bond acceptors (Lipinski definition) is 2. The van der Waals surface area contributed by atoms with Crippen molar-refractivity contribution in [1.29, 1.82) is 0 Å². The van der Waals surface area contributed by atoms with Gasteiger partial charge in [-0.15, -0.1) is 0 Å². The number of ketones is 1. The number of rotatable bonds is 2. The molecule has 0 fully saturated rings. The van der Waals surface area contributed by atoms with E-state index in [2.05, 4.69) is 6.92 Å². The summed E-state index contributed by atoms with van der Waals surface area (Å²) in [6, 6.07) is 15.8. The highest BCUT2D eigenvalue weighted by molar-refractivity contribution is 6.00. The first-order valence-electron chi connectivity index (χ1n) is 6.65. The quantitative estimate of drug-likeness (QED) is 0.808. The lowest BCUT2D eigenvalue weighted by atomic mass is 9.95. The smallest absolute Gasteiger partial charge is 0.170 e. The maximum absolute atomic E-state index is 12.3. The number of carbonyl (C=O) groups excluding carboxylic acids is 1. The van der Waals surface area contributed by atoms with Gasteiger partial charge in [0.25, 0.3) is 0 Å². The molecule has 1 atom stereocenters. The van der Waals surface area contributed by atoms with Gasteiger partial charge in [0.2, 0.25) is 0 Å². The molecule has 0 bridgehead atoms. The van der Waals surface area contributed by atoms with Crippen LogP contribution in [0.25, 0.3) is 0 Å². The zero-order valence-electron chi connectivity index (χ0n) is 10.9. The summed E-state index contributed by atoms with van der Waals surface area (Å²) in [6.07, 6.45) is 1.20. The fourth-order valence-corrected chi connectivity index (χ4v) is 2.44. The molecule has 0 N–H and O–H groups in total. The molecule has 19 heavy (non-hydrogen) atoms. The summed E-state index contributed by atoms with van der Waals surface area (Å²) in [7, 11) is 0. The minimum absolute atomic E-state index is 0.159. The topological polar surface area (TPSA) is 26.3 Å². The van der Waals surface area contributed by atoms with Crippen molar-refractivity contribution in [2.75, 3.05) is 0 Å². The van der Waals surface area contributed by atoms with Gasteiger partial charge in [-0.25, -0.2) is 0 Å². The largest absolute Gasteiger partial charge is 0.484 e. The van der Waals surface area contributed by atoms with Crippen molar-refractivity contribution >= 4 is 5.78 Å². The van der Waals surface area contributed by atoms with E-state index in [1.54, 1.807) is 0 Å². The van der Waals surface area contributed by atoms with Gasteiger partial charge in [-0.2, -0.15) is 0 Å². The Morgan fingerprint density at radius 2 is 1.95 bits per heavy atom. The van der Waals surface area contributed by atoms with E-state index in [1.165, 1.54) is 5.56 Å². The number of hydrogen-bond donors (Lipinski definition) is 0. The maximum atomic E-state index is 12.3. The zero-order chi connectivity index (χ0) is 13.2. The molecule has 1 heterocycles. The minimum Gasteiger partial charge on any atom is -0.484 e. The first-order valence-corrected chi connectivity index (χ1v) is 6.65. The number of aryl methyl sites for hydroxylation is 1. The van der Waals surface area contributed by atoms with Crippen LogP contribution in [0.2, 0.25) is 0 Å². The molecule has 0 radical (unpaired) electrons.